The predicted molar refractivity (Wildman–Crippen MR) is 62.9 cm³/mol. The minimum atomic E-state index is -0.682. The Hall–Kier alpha value is -2.36. The summed E-state index contributed by atoms with van der Waals surface area (Å²) in [5.74, 6) is -0.774. The minimum Gasteiger partial charge on any atom is -0.420 e. The zero-order chi connectivity index (χ0) is 12.4. The van der Waals surface area contributed by atoms with Gasteiger partial charge in [0.1, 0.15) is 5.58 Å². The summed E-state index contributed by atoms with van der Waals surface area (Å²) in [6.45, 7) is 4.94. The van der Waals surface area contributed by atoms with E-state index >= 15 is 0 Å². The van der Waals surface area contributed by atoms with Gasteiger partial charge in [-0.2, -0.15) is 0 Å². The number of benzene rings is 1. The van der Waals surface area contributed by atoms with E-state index < -0.39 is 11.6 Å². The van der Waals surface area contributed by atoms with E-state index in [0.717, 1.165) is 0 Å². The van der Waals surface area contributed by atoms with Crippen molar-refractivity contribution in [3.63, 3.8) is 0 Å². The molecule has 0 fully saturated rings. The van der Waals surface area contributed by atoms with Gasteiger partial charge in [-0.25, -0.2) is 9.59 Å². The van der Waals surface area contributed by atoms with Crippen LogP contribution in [0.1, 0.15) is 6.92 Å². The molecule has 0 amide bonds. The molecule has 1 aromatic carbocycles. The van der Waals surface area contributed by atoms with Gasteiger partial charge >= 0.3 is 11.6 Å². The molecule has 0 spiro atoms. The fraction of sp³-hybridized carbons (Fsp3) is 0.0769. The number of carbonyl (C=O) groups excluding carboxylic acids is 1. The van der Waals surface area contributed by atoms with Gasteiger partial charge in [0, 0.05) is 11.0 Å². The minimum absolute atomic E-state index is 0.128. The van der Waals surface area contributed by atoms with Crippen molar-refractivity contribution < 1.29 is 13.9 Å². The molecule has 2 rings (SSSR count). The van der Waals surface area contributed by atoms with Crippen LogP contribution in [-0.4, -0.2) is 5.97 Å². The average molecular weight is 230 g/mol. The number of ether oxygens (including phenoxy) is 1. The first kappa shape index (κ1) is 11.1. The Morgan fingerprint density at radius 1 is 1.35 bits per heavy atom. The van der Waals surface area contributed by atoms with Crippen LogP contribution in [0.3, 0.4) is 0 Å². The van der Waals surface area contributed by atoms with Gasteiger partial charge in [0.2, 0.25) is 5.75 Å². The first-order chi connectivity index (χ1) is 8.08. The van der Waals surface area contributed by atoms with Crippen LogP contribution in [-0.2, 0) is 4.79 Å². The first-order valence-corrected chi connectivity index (χ1v) is 4.98. The van der Waals surface area contributed by atoms with Crippen molar-refractivity contribution >= 4 is 16.9 Å². The summed E-state index contributed by atoms with van der Waals surface area (Å²) in [7, 11) is 0. The van der Waals surface area contributed by atoms with Crippen LogP contribution in [0.4, 0.5) is 0 Å². The molecule has 4 nitrogen and oxygen atoms in total. The number of hydrogen-bond acceptors (Lipinski definition) is 4. The van der Waals surface area contributed by atoms with Gasteiger partial charge in [0.05, 0.1) is 0 Å². The fourth-order valence-electron chi connectivity index (χ4n) is 1.30. The summed E-state index contributed by atoms with van der Waals surface area (Å²) in [5.41, 5.74) is -0.0107. The molecule has 0 radical (unpaired) electrons. The molecule has 0 aliphatic heterocycles. The second kappa shape index (κ2) is 4.25. The molecule has 0 atom stereocenters. The van der Waals surface area contributed by atoms with E-state index in [1.54, 1.807) is 24.3 Å². The number of fused-ring (bicyclic) bond motifs is 1. The summed E-state index contributed by atoms with van der Waals surface area (Å²) < 4.78 is 9.88. The van der Waals surface area contributed by atoms with Crippen LogP contribution >= 0.6 is 0 Å². The standard InChI is InChI=1S/C13H10O4/c1-8(2)12(14)17-11-7-9-5-3-4-6-10(9)16-13(11)15/h3-7H,1H2,2H3. The third-order valence-electron chi connectivity index (χ3n) is 2.16. The van der Waals surface area contributed by atoms with Crippen molar-refractivity contribution in [3.8, 4) is 5.75 Å². The molecule has 1 heterocycles. The molecular formula is C13H10O4. The molecule has 0 aliphatic rings. The van der Waals surface area contributed by atoms with Crippen LogP contribution in [0.25, 0.3) is 11.0 Å². The molecule has 86 valence electrons. The van der Waals surface area contributed by atoms with Gasteiger partial charge in [-0.15, -0.1) is 0 Å². The zero-order valence-electron chi connectivity index (χ0n) is 9.23. The quantitative estimate of drug-likeness (QED) is 0.451. The Labute approximate surface area is 97.1 Å². The Balaban J connectivity index is 2.48. The molecule has 1 aromatic heterocycles. The third-order valence-corrected chi connectivity index (χ3v) is 2.16. The number of carbonyl (C=O) groups is 1. The van der Waals surface area contributed by atoms with E-state index in [0.29, 0.717) is 11.0 Å². The number of para-hydroxylation sites is 1. The number of hydrogen-bond donors (Lipinski definition) is 0. The zero-order valence-corrected chi connectivity index (χ0v) is 9.23. The van der Waals surface area contributed by atoms with Crippen molar-refractivity contribution in [3.05, 3.63) is 52.9 Å². The van der Waals surface area contributed by atoms with Gasteiger partial charge in [-0.1, -0.05) is 24.8 Å². The molecular weight excluding hydrogens is 220 g/mol. The number of rotatable bonds is 2. The molecule has 2 aromatic rings. The molecule has 0 bridgehead atoms. The van der Waals surface area contributed by atoms with E-state index in [1.165, 1.54) is 13.0 Å². The Morgan fingerprint density at radius 3 is 2.76 bits per heavy atom. The predicted octanol–water partition coefficient (Wildman–Crippen LogP) is 2.27. The number of esters is 1. The van der Waals surface area contributed by atoms with Crippen molar-refractivity contribution in [1.82, 2.24) is 0 Å². The topological polar surface area (TPSA) is 56.5 Å². The van der Waals surface area contributed by atoms with Gasteiger partial charge < -0.3 is 9.15 Å². The SMILES string of the molecule is C=C(C)C(=O)Oc1cc2ccccc2oc1=O. The Bertz CT molecular complexity index is 652. The lowest BCUT2D eigenvalue weighted by Crippen LogP contribution is -2.14. The van der Waals surface area contributed by atoms with E-state index in [4.69, 9.17) is 9.15 Å². The largest absolute Gasteiger partial charge is 0.420 e. The molecule has 0 saturated carbocycles. The fourth-order valence-corrected chi connectivity index (χ4v) is 1.30. The summed E-state index contributed by atoms with van der Waals surface area (Å²) in [4.78, 5) is 22.8. The van der Waals surface area contributed by atoms with Crippen molar-refractivity contribution in [2.75, 3.05) is 0 Å². The highest BCUT2D eigenvalue weighted by Gasteiger charge is 2.11. The van der Waals surface area contributed by atoms with Gasteiger partial charge in [0.15, 0.2) is 0 Å². The van der Waals surface area contributed by atoms with Crippen LogP contribution < -0.4 is 10.4 Å². The van der Waals surface area contributed by atoms with Crippen molar-refractivity contribution in [2.45, 2.75) is 6.92 Å². The maximum atomic E-state index is 11.5. The smallest absolute Gasteiger partial charge is 0.379 e. The van der Waals surface area contributed by atoms with E-state index in [9.17, 15) is 9.59 Å². The Morgan fingerprint density at radius 2 is 2.06 bits per heavy atom. The van der Waals surface area contributed by atoms with E-state index in [-0.39, 0.29) is 11.3 Å². The van der Waals surface area contributed by atoms with Crippen molar-refractivity contribution in [1.29, 1.82) is 0 Å². The van der Waals surface area contributed by atoms with Crippen LogP contribution in [0.2, 0.25) is 0 Å². The lowest BCUT2D eigenvalue weighted by Gasteiger charge is -2.03. The maximum absolute atomic E-state index is 11.5. The molecule has 0 saturated heterocycles. The average Bonchev–Trinajstić information content (AvgIpc) is 2.29. The summed E-state index contributed by atoms with van der Waals surface area (Å²) >= 11 is 0. The van der Waals surface area contributed by atoms with E-state index in [1.807, 2.05) is 0 Å². The van der Waals surface area contributed by atoms with Gasteiger partial charge in [-0.05, 0) is 19.1 Å². The highest BCUT2D eigenvalue weighted by molar-refractivity contribution is 5.89. The van der Waals surface area contributed by atoms with E-state index in [2.05, 4.69) is 6.58 Å². The second-order valence-electron chi connectivity index (χ2n) is 3.61. The lowest BCUT2D eigenvalue weighted by atomic mass is 10.2. The third kappa shape index (κ3) is 2.25. The van der Waals surface area contributed by atoms with Gasteiger partial charge in [-0.3, -0.25) is 0 Å². The monoisotopic (exact) mass is 230 g/mol. The highest BCUT2D eigenvalue weighted by Crippen LogP contribution is 2.16. The molecule has 17 heavy (non-hydrogen) atoms. The van der Waals surface area contributed by atoms with Gasteiger partial charge in [0.25, 0.3) is 0 Å². The van der Waals surface area contributed by atoms with Crippen LogP contribution in [0.15, 0.2) is 51.7 Å². The molecule has 0 unspecified atom stereocenters. The normalized spacial score (nSPS) is 10.2. The van der Waals surface area contributed by atoms with Crippen LogP contribution in [0.5, 0.6) is 5.75 Å². The summed E-state index contributed by atoms with van der Waals surface area (Å²) in [5, 5.41) is 0.691. The second-order valence-corrected chi connectivity index (χ2v) is 3.61. The lowest BCUT2D eigenvalue weighted by molar-refractivity contribution is -0.130. The maximum Gasteiger partial charge on any atom is 0.379 e. The molecule has 0 aliphatic carbocycles. The Kier molecular flexibility index (Phi) is 2.78. The summed E-state index contributed by atoms with van der Waals surface area (Å²) in [6, 6.07) is 8.46. The molecule has 0 N–H and O–H groups in total. The van der Waals surface area contributed by atoms with Crippen molar-refractivity contribution in [2.24, 2.45) is 0 Å². The first-order valence-electron chi connectivity index (χ1n) is 4.98. The molecule has 4 heteroatoms. The van der Waals surface area contributed by atoms with Crippen LogP contribution in [0, 0.1) is 0 Å². The summed E-state index contributed by atoms with van der Waals surface area (Å²) in [6.07, 6.45) is 0. The highest BCUT2D eigenvalue weighted by atomic mass is 16.5.